The van der Waals surface area contributed by atoms with Crippen LogP contribution in [0.15, 0.2) is 36.7 Å². The maximum Gasteiger partial charge on any atom is 0.305 e. The van der Waals surface area contributed by atoms with E-state index in [9.17, 15) is 4.79 Å². The number of hydrogen-bond acceptors (Lipinski definition) is 6. The van der Waals surface area contributed by atoms with Crippen LogP contribution in [0.3, 0.4) is 0 Å². The average molecular weight is 301 g/mol. The highest BCUT2D eigenvalue weighted by atomic mass is 16.5. The first kappa shape index (κ1) is 15.8. The third-order valence-electron chi connectivity index (χ3n) is 2.95. The van der Waals surface area contributed by atoms with Crippen LogP contribution in [0.4, 0.5) is 11.5 Å². The summed E-state index contributed by atoms with van der Waals surface area (Å²) in [6.07, 6.45) is 2.52. The maximum absolute atomic E-state index is 11.0. The lowest BCUT2D eigenvalue weighted by atomic mass is 10.3. The summed E-state index contributed by atoms with van der Waals surface area (Å²) >= 11 is 0. The molecule has 0 aliphatic carbocycles. The van der Waals surface area contributed by atoms with Crippen LogP contribution in [0.1, 0.15) is 18.5 Å². The SMILES string of the molecule is COC(=O)CCCOc1ccc(Nc2cc(C)ncn2)cc1. The van der Waals surface area contributed by atoms with Gasteiger partial charge in [0.2, 0.25) is 0 Å². The van der Waals surface area contributed by atoms with Crippen LogP contribution in [-0.4, -0.2) is 29.7 Å². The first-order valence-electron chi connectivity index (χ1n) is 7.03. The van der Waals surface area contributed by atoms with Crippen molar-refractivity contribution >= 4 is 17.5 Å². The molecule has 6 heteroatoms. The molecule has 0 saturated carbocycles. The Bertz CT molecular complexity index is 614. The third kappa shape index (κ3) is 5.05. The largest absolute Gasteiger partial charge is 0.494 e. The summed E-state index contributed by atoms with van der Waals surface area (Å²) in [6, 6.07) is 9.43. The normalized spacial score (nSPS) is 10.1. The molecule has 0 radical (unpaired) electrons. The lowest BCUT2D eigenvalue weighted by molar-refractivity contribution is -0.140. The summed E-state index contributed by atoms with van der Waals surface area (Å²) in [5.41, 5.74) is 1.82. The molecule has 0 bridgehead atoms. The van der Waals surface area contributed by atoms with Crippen molar-refractivity contribution < 1.29 is 14.3 Å². The molecule has 0 amide bonds. The van der Waals surface area contributed by atoms with Gasteiger partial charge in [-0.25, -0.2) is 9.97 Å². The van der Waals surface area contributed by atoms with Gasteiger partial charge < -0.3 is 14.8 Å². The van der Waals surface area contributed by atoms with Crippen molar-refractivity contribution in [2.45, 2.75) is 19.8 Å². The standard InChI is InChI=1S/C16H19N3O3/c1-12-10-15(18-11-17-12)19-13-5-7-14(8-6-13)22-9-3-4-16(20)21-2/h5-8,10-11H,3-4,9H2,1-2H3,(H,17,18,19). The Balaban J connectivity index is 1.81. The van der Waals surface area contributed by atoms with Crippen LogP contribution in [0, 0.1) is 6.92 Å². The summed E-state index contributed by atoms with van der Waals surface area (Å²) in [5.74, 6) is 1.29. The van der Waals surface area contributed by atoms with Crippen LogP contribution in [0.25, 0.3) is 0 Å². The van der Waals surface area contributed by atoms with Gasteiger partial charge in [0.15, 0.2) is 0 Å². The molecular formula is C16H19N3O3. The second-order valence-electron chi connectivity index (χ2n) is 4.72. The van der Waals surface area contributed by atoms with E-state index in [-0.39, 0.29) is 5.97 Å². The molecule has 1 aromatic carbocycles. The Hall–Kier alpha value is -2.63. The van der Waals surface area contributed by atoms with Gasteiger partial charge in [0.05, 0.1) is 13.7 Å². The summed E-state index contributed by atoms with van der Waals surface area (Å²) in [7, 11) is 1.38. The second-order valence-corrected chi connectivity index (χ2v) is 4.72. The second kappa shape index (κ2) is 7.97. The van der Waals surface area contributed by atoms with E-state index in [1.165, 1.54) is 13.4 Å². The van der Waals surface area contributed by atoms with Crippen LogP contribution >= 0.6 is 0 Å². The average Bonchev–Trinajstić information content (AvgIpc) is 2.53. The number of aromatic nitrogens is 2. The molecule has 0 spiro atoms. The number of carbonyl (C=O) groups excluding carboxylic acids is 1. The molecule has 2 rings (SSSR count). The molecule has 2 aromatic rings. The number of anilines is 2. The summed E-state index contributed by atoms with van der Waals surface area (Å²) in [6.45, 7) is 2.39. The lowest BCUT2D eigenvalue weighted by Crippen LogP contribution is -2.04. The van der Waals surface area contributed by atoms with Crippen molar-refractivity contribution in [3.05, 3.63) is 42.4 Å². The fourth-order valence-corrected chi connectivity index (χ4v) is 1.81. The van der Waals surface area contributed by atoms with E-state index < -0.39 is 0 Å². The van der Waals surface area contributed by atoms with Gasteiger partial charge >= 0.3 is 5.97 Å². The number of nitrogens with one attached hydrogen (secondary N) is 1. The van der Waals surface area contributed by atoms with Gasteiger partial charge in [0.1, 0.15) is 17.9 Å². The van der Waals surface area contributed by atoms with E-state index in [4.69, 9.17) is 4.74 Å². The van der Waals surface area contributed by atoms with Crippen molar-refractivity contribution in [1.29, 1.82) is 0 Å². The number of ether oxygens (including phenoxy) is 2. The Morgan fingerprint density at radius 2 is 2.00 bits per heavy atom. The molecule has 0 unspecified atom stereocenters. The van der Waals surface area contributed by atoms with E-state index in [0.717, 1.165) is 22.9 Å². The zero-order valence-corrected chi connectivity index (χ0v) is 12.7. The highest BCUT2D eigenvalue weighted by Gasteiger charge is 2.01. The monoisotopic (exact) mass is 301 g/mol. The molecule has 0 fully saturated rings. The molecule has 0 saturated heterocycles. The molecular weight excluding hydrogens is 282 g/mol. The summed E-state index contributed by atoms with van der Waals surface area (Å²) in [5, 5.41) is 3.19. The van der Waals surface area contributed by atoms with Gasteiger partial charge in [-0.05, 0) is 37.6 Å². The van der Waals surface area contributed by atoms with Gasteiger partial charge in [0.25, 0.3) is 0 Å². The predicted octanol–water partition coefficient (Wildman–Crippen LogP) is 2.86. The van der Waals surface area contributed by atoms with Crippen molar-refractivity contribution in [3.8, 4) is 5.75 Å². The molecule has 0 aliphatic rings. The van der Waals surface area contributed by atoms with E-state index in [2.05, 4.69) is 20.0 Å². The number of nitrogens with zero attached hydrogens (tertiary/aromatic N) is 2. The van der Waals surface area contributed by atoms with E-state index >= 15 is 0 Å². The van der Waals surface area contributed by atoms with E-state index in [1.807, 2.05) is 37.3 Å². The van der Waals surface area contributed by atoms with E-state index in [1.54, 1.807) is 0 Å². The van der Waals surface area contributed by atoms with Gasteiger partial charge in [-0.2, -0.15) is 0 Å². The molecule has 0 atom stereocenters. The first-order valence-corrected chi connectivity index (χ1v) is 7.03. The van der Waals surface area contributed by atoms with Crippen LogP contribution in [-0.2, 0) is 9.53 Å². The lowest BCUT2D eigenvalue weighted by Gasteiger charge is -2.08. The molecule has 1 N–H and O–H groups in total. The summed E-state index contributed by atoms with van der Waals surface area (Å²) < 4.78 is 10.1. The summed E-state index contributed by atoms with van der Waals surface area (Å²) in [4.78, 5) is 19.2. The molecule has 1 heterocycles. The quantitative estimate of drug-likeness (QED) is 0.626. The Morgan fingerprint density at radius 1 is 1.23 bits per heavy atom. The van der Waals surface area contributed by atoms with Crippen LogP contribution in [0.2, 0.25) is 0 Å². The highest BCUT2D eigenvalue weighted by Crippen LogP contribution is 2.19. The van der Waals surface area contributed by atoms with E-state index in [0.29, 0.717) is 19.4 Å². The number of aryl methyl sites for hydroxylation is 1. The Morgan fingerprint density at radius 3 is 2.68 bits per heavy atom. The van der Waals surface area contributed by atoms with Crippen molar-refractivity contribution in [1.82, 2.24) is 9.97 Å². The van der Waals surface area contributed by atoms with Crippen LogP contribution in [0.5, 0.6) is 5.75 Å². The van der Waals surface area contributed by atoms with Crippen molar-refractivity contribution in [2.24, 2.45) is 0 Å². The number of carbonyl (C=O) groups is 1. The number of methoxy groups -OCH3 is 1. The van der Waals surface area contributed by atoms with Gasteiger partial charge in [-0.3, -0.25) is 4.79 Å². The molecule has 6 nitrogen and oxygen atoms in total. The predicted molar refractivity (Wildman–Crippen MR) is 83.2 cm³/mol. The number of rotatable bonds is 7. The minimum absolute atomic E-state index is 0.219. The van der Waals surface area contributed by atoms with Gasteiger partial charge in [-0.15, -0.1) is 0 Å². The number of hydrogen-bond donors (Lipinski definition) is 1. The van der Waals surface area contributed by atoms with Gasteiger partial charge in [0, 0.05) is 23.9 Å². The highest BCUT2D eigenvalue weighted by molar-refractivity contribution is 5.69. The smallest absolute Gasteiger partial charge is 0.305 e. The maximum atomic E-state index is 11.0. The minimum atomic E-state index is -0.219. The van der Waals surface area contributed by atoms with Crippen LogP contribution < -0.4 is 10.1 Å². The van der Waals surface area contributed by atoms with Crippen molar-refractivity contribution in [2.75, 3.05) is 19.0 Å². The Labute approximate surface area is 129 Å². The number of esters is 1. The zero-order valence-electron chi connectivity index (χ0n) is 12.7. The van der Waals surface area contributed by atoms with Crippen molar-refractivity contribution in [3.63, 3.8) is 0 Å². The molecule has 0 aliphatic heterocycles. The Kier molecular flexibility index (Phi) is 5.71. The minimum Gasteiger partial charge on any atom is -0.494 e. The molecule has 1 aromatic heterocycles. The number of benzene rings is 1. The fourth-order valence-electron chi connectivity index (χ4n) is 1.81. The fraction of sp³-hybridized carbons (Fsp3) is 0.312. The molecule has 22 heavy (non-hydrogen) atoms. The molecule has 116 valence electrons. The topological polar surface area (TPSA) is 73.3 Å². The third-order valence-corrected chi connectivity index (χ3v) is 2.95. The zero-order chi connectivity index (χ0) is 15.8. The van der Waals surface area contributed by atoms with Gasteiger partial charge in [-0.1, -0.05) is 0 Å². The first-order chi connectivity index (χ1) is 10.7.